The van der Waals surface area contributed by atoms with Crippen LogP contribution in [-0.4, -0.2) is 19.1 Å². The molecule has 0 aromatic carbocycles. The summed E-state index contributed by atoms with van der Waals surface area (Å²) in [6.07, 6.45) is 5.60. The third kappa shape index (κ3) is 4.89. The first-order valence-electron chi connectivity index (χ1n) is 7.78. The quantitative estimate of drug-likeness (QED) is 0.789. The molecule has 2 heteroatoms. The number of hydrogen-bond donors (Lipinski definition) is 2. The van der Waals surface area contributed by atoms with Crippen LogP contribution in [0.15, 0.2) is 0 Å². The van der Waals surface area contributed by atoms with Gasteiger partial charge in [-0.05, 0) is 55.4 Å². The van der Waals surface area contributed by atoms with Gasteiger partial charge < -0.3 is 11.1 Å². The van der Waals surface area contributed by atoms with E-state index in [1.807, 2.05) is 0 Å². The molecule has 1 aliphatic rings. The van der Waals surface area contributed by atoms with Crippen LogP contribution in [0.1, 0.15) is 60.3 Å². The third-order valence-corrected chi connectivity index (χ3v) is 4.80. The summed E-state index contributed by atoms with van der Waals surface area (Å²) in [6.45, 7) is 13.6. The van der Waals surface area contributed by atoms with Gasteiger partial charge in [0, 0.05) is 12.6 Å². The fraction of sp³-hybridized carbons (Fsp3) is 1.00. The zero-order valence-corrected chi connectivity index (χ0v) is 13.1. The van der Waals surface area contributed by atoms with Gasteiger partial charge in [0.2, 0.25) is 0 Å². The van der Waals surface area contributed by atoms with Crippen molar-refractivity contribution in [3.8, 4) is 0 Å². The van der Waals surface area contributed by atoms with Crippen molar-refractivity contribution in [3.63, 3.8) is 0 Å². The van der Waals surface area contributed by atoms with Crippen LogP contribution in [0, 0.1) is 23.2 Å². The molecule has 0 radical (unpaired) electrons. The highest BCUT2D eigenvalue weighted by molar-refractivity contribution is 4.82. The molecule has 108 valence electrons. The van der Waals surface area contributed by atoms with Crippen molar-refractivity contribution in [1.82, 2.24) is 5.32 Å². The van der Waals surface area contributed by atoms with E-state index in [0.29, 0.717) is 17.4 Å². The maximum Gasteiger partial charge on any atom is 0.0213 e. The van der Waals surface area contributed by atoms with E-state index in [4.69, 9.17) is 5.73 Å². The molecule has 0 heterocycles. The molecule has 0 bridgehead atoms. The van der Waals surface area contributed by atoms with E-state index in [1.165, 1.54) is 25.7 Å². The Kier molecular flexibility index (Phi) is 6.13. The first kappa shape index (κ1) is 16.0. The second kappa shape index (κ2) is 6.91. The molecule has 18 heavy (non-hydrogen) atoms. The maximum atomic E-state index is 5.81. The summed E-state index contributed by atoms with van der Waals surface area (Å²) in [7, 11) is 0. The highest BCUT2D eigenvalue weighted by atomic mass is 14.9. The van der Waals surface area contributed by atoms with E-state index in [2.05, 4.69) is 39.9 Å². The lowest BCUT2D eigenvalue weighted by molar-refractivity contribution is 0.146. The number of nitrogens with two attached hydrogens (primary N) is 1. The minimum Gasteiger partial charge on any atom is -0.329 e. The molecular formula is C16H34N2. The molecule has 2 nitrogen and oxygen atoms in total. The number of rotatable bonds is 5. The zero-order valence-electron chi connectivity index (χ0n) is 13.1. The minimum atomic E-state index is 0.491. The highest BCUT2D eigenvalue weighted by Gasteiger charge is 2.29. The fourth-order valence-corrected chi connectivity index (χ4v) is 3.14. The van der Waals surface area contributed by atoms with Gasteiger partial charge in [-0.1, -0.05) is 34.6 Å². The van der Waals surface area contributed by atoms with Gasteiger partial charge in [0.05, 0.1) is 0 Å². The van der Waals surface area contributed by atoms with Crippen LogP contribution >= 0.6 is 0 Å². The Morgan fingerprint density at radius 3 is 2.06 bits per heavy atom. The van der Waals surface area contributed by atoms with Crippen molar-refractivity contribution in [3.05, 3.63) is 0 Å². The summed E-state index contributed by atoms with van der Waals surface area (Å²) in [5.41, 5.74) is 6.30. The summed E-state index contributed by atoms with van der Waals surface area (Å²) in [4.78, 5) is 0. The third-order valence-electron chi connectivity index (χ3n) is 4.80. The summed E-state index contributed by atoms with van der Waals surface area (Å²) in [5.74, 6) is 2.43. The van der Waals surface area contributed by atoms with Crippen LogP contribution < -0.4 is 11.1 Å². The number of nitrogens with one attached hydrogen (secondary N) is 1. The molecular weight excluding hydrogens is 220 g/mol. The summed E-state index contributed by atoms with van der Waals surface area (Å²) in [5, 5.41) is 3.67. The normalized spacial score (nSPS) is 27.5. The van der Waals surface area contributed by atoms with Crippen molar-refractivity contribution in [2.75, 3.05) is 13.1 Å². The molecule has 1 fully saturated rings. The van der Waals surface area contributed by atoms with Gasteiger partial charge in [-0.25, -0.2) is 0 Å². The first-order valence-corrected chi connectivity index (χ1v) is 7.78. The summed E-state index contributed by atoms with van der Waals surface area (Å²) >= 11 is 0. The fourth-order valence-electron chi connectivity index (χ4n) is 3.14. The molecule has 3 N–H and O–H groups in total. The van der Waals surface area contributed by atoms with Crippen LogP contribution in [0.5, 0.6) is 0 Å². The minimum absolute atomic E-state index is 0.491. The SMILES string of the molecule is CC(C)C(CN)NCC1CCC(C(C)(C)C)CC1. The van der Waals surface area contributed by atoms with E-state index >= 15 is 0 Å². The predicted octanol–water partition coefficient (Wildman–Crippen LogP) is 3.41. The highest BCUT2D eigenvalue weighted by Crippen LogP contribution is 2.39. The van der Waals surface area contributed by atoms with Gasteiger partial charge >= 0.3 is 0 Å². The molecule has 1 rings (SSSR count). The smallest absolute Gasteiger partial charge is 0.0213 e. The van der Waals surface area contributed by atoms with Crippen molar-refractivity contribution in [1.29, 1.82) is 0 Å². The van der Waals surface area contributed by atoms with Crippen LogP contribution in [0.3, 0.4) is 0 Å². The summed E-state index contributed by atoms with van der Waals surface area (Å²) in [6, 6.07) is 0.491. The number of hydrogen-bond acceptors (Lipinski definition) is 2. The van der Waals surface area contributed by atoms with E-state index in [9.17, 15) is 0 Å². The van der Waals surface area contributed by atoms with Crippen molar-refractivity contribution >= 4 is 0 Å². The Bertz CT molecular complexity index is 222. The average molecular weight is 254 g/mol. The standard InChI is InChI=1S/C16H34N2/c1-12(2)15(10-17)18-11-13-6-8-14(9-7-13)16(3,4)5/h12-15,18H,6-11,17H2,1-5H3. The Morgan fingerprint density at radius 1 is 1.11 bits per heavy atom. The zero-order chi connectivity index (χ0) is 13.8. The van der Waals surface area contributed by atoms with Crippen molar-refractivity contribution < 1.29 is 0 Å². The lowest BCUT2D eigenvalue weighted by atomic mass is 9.70. The van der Waals surface area contributed by atoms with Gasteiger partial charge in [0.1, 0.15) is 0 Å². The molecule has 1 aliphatic carbocycles. The van der Waals surface area contributed by atoms with Gasteiger partial charge in [0.15, 0.2) is 0 Å². The Balaban J connectivity index is 2.27. The van der Waals surface area contributed by atoms with Crippen LogP contribution in [-0.2, 0) is 0 Å². The van der Waals surface area contributed by atoms with Crippen molar-refractivity contribution in [2.24, 2.45) is 28.9 Å². The Labute approximate surface area is 114 Å². The van der Waals surface area contributed by atoms with E-state index in [-0.39, 0.29) is 0 Å². The van der Waals surface area contributed by atoms with E-state index in [0.717, 1.165) is 24.9 Å². The second-order valence-electron chi connectivity index (χ2n) is 7.58. The monoisotopic (exact) mass is 254 g/mol. The van der Waals surface area contributed by atoms with Gasteiger partial charge in [0.25, 0.3) is 0 Å². The molecule has 0 aromatic heterocycles. The molecule has 1 atom stereocenters. The molecule has 0 aromatic rings. The average Bonchev–Trinajstić information content (AvgIpc) is 2.29. The second-order valence-corrected chi connectivity index (χ2v) is 7.58. The molecule has 0 saturated heterocycles. The molecule has 0 amide bonds. The largest absolute Gasteiger partial charge is 0.329 e. The first-order chi connectivity index (χ1) is 8.34. The lowest BCUT2D eigenvalue weighted by Crippen LogP contribution is -2.43. The lowest BCUT2D eigenvalue weighted by Gasteiger charge is -2.37. The predicted molar refractivity (Wildman–Crippen MR) is 80.6 cm³/mol. The molecule has 0 aliphatic heterocycles. The molecule has 1 saturated carbocycles. The molecule has 0 spiro atoms. The maximum absolute atomic E-state index is 5.81. The topological polar surface area (TPSA) is 38.0 Å². The van der Waals surface area contributed by atoms with Gasteiger partial charge in [-0.3, -0.25) is 0 Å². The van der Waals surface area contributed by atoms with Crippen LogP contribution in [0.4, 0.5) is 0 Å². The van der Waals surface area contributed by atoms with Crippen molar-refractivity contribution in [2.45, 2.75) is 66.3 Å². The van der Waals surface area contributed by atoms with E-state index in [1.54, 1.807) is 0 Å². The molecule has 1 unspecified atom stereocenters. The van der Waals surface area contributed by atoms with Gasteiger partial charge in [-0.2, -0.15) is 0 Å². The van der Waals surface area contributed by atoms with E-state index < -0.39 is 0 Å². The van der Waals surface area contributed by atoms with Gasteiger partial charge in [-0.15, -0.1) is 0 Å². The Morgan fingerprint density at radius 2 is 1.67 bits per heavy atom. The van der Waals surface area contributed by atoms with Crippen LogP contribution in [0.25, 0.3) is 0 Å². The van der Waals surface area contributed by atoms with Crippen LogP contribution in [0.2, 0.25) is 0 Å². The summed E-state index contributed by atoms with van der Waals surface area (Å²) < 4.78 is 0. The Hall–Kier alpha value is -0.0800.